The van der Waals surface area contributed by atoms with E-state index in [-0.39, 0.29) is 5.41 Å². The topological polar surface area (TPSA) is 74.2 Å². The first-order valence-corrected chi connectivity index (χ1v) is 6.92. The Kier molecular flexibility index (Phi) is 3.44. The van der Waals surface area contributed by atoms with E-state index in [1.54, 1.807) is 7.11 Å². The van der Waals surface area contributed by atoms with Gasteiger partial charge in [0.25, 0.3) is 0 Å². The van der Waals surface area contributed by atoms with Gasteiger partial charge < -0.3 is 15.0 Å². The molecule has 3 rings (SSSR count). The number of aromatic nitrogens is 2. The Morgan fingerprint density at radius 2 is 2.05 bits per heavy atom. The molecule has 0 spiro atoms. The Morgan fingerprint density at radius 1 is 1.30 bits per heavy atom. The highest BCUT2D eigenvalue weighted by molar-refractivity contribution is 5.28. The maximum Gasteiger partial charge on any atom is 0.234 e. The SMILES string of the molecule is COc1ccc(Cc2noc(C3(CN)CCC3)n2)cc1. The molecule has 1 heterocycles. The van der Waals surface area contributed by atoms with Gasteiger partial charge in [-0.05, 0) is 30.5 Å². The summed E-state index contributed by atoms with van der Waals surface area (Å²) in [5.41, 5.74) is 6.92. The lowest BCUT2D eigenvalue weighted by molar-refractivity contribution is 0.181. The summed E-state index contributed by atoms with van der Waals surface area (Å²) in [6, 6.07) is 7.89. The van der Waals surface area contributed by atoms with Crippen LogP contribution in [-0.2, 0) is 11.8 Å². The van der Waals surface area contributed by atoms with Crippen LogP contribution >= 0.6 is 0 Å². The molecular formula is C15H19N3O2. The fourth-order valence-corrected chi connectivity index (χ4v) is 2.58. The molecule has 106 valence electrons. The van der Waals surface area contributed by atoms with Crippen LogP contribution in [0.5, 0.6) is 5.75 Å². The number of benzene rings is 1. The van der Waals surface area contributed by atoms with Crippen molar-refractivity contribution in [3.8, 4) is 5.75 Å². The van der Waals surface area contributed by atoms with E-state index in [2.05, 4.69) is 10.1 Å². The zero-order valence-corrected chi connectivity index (χ0v) is 11.6. The molecule has 0 atom stereocenters. The Labute approximate surface area is 118 Å². The van der Waals surface area contributed by atoms with Gasteiger partial charge in [-0.2, -0.15) is 4.98 Å². The predicted molar refractivity (Wildman–Crippen MR) is 74.7 cm³/mol. The van der Waals surface area contributed by atoms with E-state index in [0.29, 0.717) is 24.7 Å². The summed E-state index contributed by atoms with van der Waals surface area (Å²) < 4.78 is 10.6. The van der Waals surface area contributed by atoms with Crippen LogP contribution in [0.2, 0.25) is 0 Å². The van der Waals surface area contributed by atoms with Crippen molar-refractivity contribution < 1.29 is 9.26 Å². The third-order valence-corrected chi connectivity index (χ3v) is 4.14. The van der Waals surface area contributed by atoms with E-state index in [9.17, 15) is 0 Å². The van der Waals surface area contributed by atoms with Crippen LogP contribution < -0.4 is 10.5 Å². The van der Waals surface area contributed by atoms with Crippen molar-refractivity contribution in [2.24, 2.45) is 5.73 Å². The van der Waals surface area contributed by atoms with Gasteiger partial charge in [0.15, 0.2) is 5.82 Å². The highest BCUT2D eigenvalue weighted by Crippen LogP contribution is 2.41. The normalized spacial score (nSPS) is 16.7. The minimum Gasteiger partial charge on any atom is -0.497 e. The summed E-state index contributed by atoms with van der Waals surface area (Å²) in [4.78, 5) is 4.52. The summed E-state index contributed by atoms with van der Waals surface area (Å²) >= 11 is 0. The van der Waals surface area contributed by atoms with Crippen LogP contribution in [-0.4, -0.2) is 23.8 Å². The van der Waals surface area contributed by atoms with Crippen LogP contribution in [0, 0.1) is 0 Å². The molecule has 1 aliphatic rings. The number of hydrogen-bond acceptors (Lipinski definition) is 5. The van der Waals surface area contributed by atoms with E-state index in [0.717, 1.165) is 24.2 Å². The third kappa shape index (κ3) is 2.29. The number of ether oxygens (including phenoxy) is 1. The van der Waals surface area contributed by atoms with E-state index in [4.69, 9.17) is 15.0 Å². The lowest BCUT2D eigenvalue weighted by Gasteiger charge is -2.36. The summed E-state index contributed by atoms with van der Waals surface area (Å²) in [6.45, 7) is 0.581. The maximum atomic E-state index is 5.85. The van der Waals surface area contributed by atoms with Crippen molar-refractivity contribution >= 4 is 0 Å². The van der Waals surface area contributed by atoms with Gasteiger partial charge in [-0.1, -0.05) is 23.7 Å². The summed E-state index contributed by atoms with van der Waals surface area (Å²) in [5.74, 6) is 2.26. The first kappa shape index (κ1) is 13.1. The molecule has 0 radical (unpaired) electrons. The molecule has 1 fully saturated rings. The van der Waals surface area contributed by atoms with Gasteiger partial charge in [-0.25, -0.2) is 0 Å². The predicted octanol–water partition coefficient (Wildman–Crippen LogP) is 2.05. The molecule has 1 saturated carbocycles. The second-order valence-electron chi connectivity index (χ2n) is 5.38. The average molecular weight is 273 g/mol. The zero-order valence-electron chi connectivity index (χ0n) is 11.6. The monoisotopic (exact) mass is 273 g/mol. The molecule has 0 bridgehead atoms. The first-order chi connectivity index (χ1) is 9.75. The van der Waals surface area contributed by atoms with E-state index < -0.39 is 0 Å². The standard InChI is InChI=1S/C15H19N3O2/c1-19-12-5-3-11(4-6-12)9-13-17-14(20-18-13)15(10-16)7-2-8-15/h3-6H,2,7-10,16H2,1H3. The lowest BCUT2D eigenvalue weighted by Crippen LogP contribution is -2.41. The zero-order chi connectivity index (χ0) is 14.0. The molecule has 5 heteroatoms. The molecule has 0 saturated heterocycles. The van der Waals surface area contributed by atoms with Gasteiger partial charge in [0.05, 0.1) is 12.5 Å². The molecule has 0 unspecified atom stereocenters. The Morgan fingerprint density at radius 3 is 2.60 bits per heavy atom. The largest absolute Gasteiger partial charge is 0.497 e. The van der Waals surface area contributed by atoms with E-state index >= 15 is 0 Å². The molecule has 1 aromatic heterocycles. The number of hydrogen-bond donors (Lipinski definition) is 1. The second kappa shape index (κ2) is 5.25. The van der Waals surface area contributed by atoms with Crippen molar-refractivity contribution in [2.45, 2.75) is 31.1 Å². The number of rotatable bonds is 5. The summed E-state index contributed by atoms with van der Waals surface area (Å²) in [7, 11) is 1.66. The molecular weight excluding hydrogens is 254 g/mol. The van der Waals surface area contributed by atoms with Gasteiger partial charge in [0.2, 0.25) is 5.89 Å². The van der Waals surface area contributed by atoms with Crippen LogP contribution in [0.3, 0.4) is 0 Å². The fourth-order valence-electron chi connectivity index (χ4n) is 2.58. The first-order valence-electron chi connectivity index (χ1n) is 6.92. The molecule has 0 amide bonds. The summed E-state index contributed by atoms with van der Waals surface area (Å²) in [6.07, 6.45) is 3.95. The van der Waals surface area contributed by atoms with Gasteiger partial charge in [-0.15, -0.1) is 0 Å². The van der Waals surface area contributed by atoms with Gasteiger partial charge in [0, 0.05) is 13.0 Å². The quantitative estimate of drug-likeness (QED) is 0.902. The minimum absolute atomic E-state index is 0.0643. The van der Waals surface area contributed by atoms with Crippen LogP contribution in [0.25, 0.3) is 0 Å². The molecule has 2 aromatic rings. The average Bonchev–Trinajstić information content (AvgIpc) is 2.88. The van der Waals surface area contributed by atoms with E-state index in [1.165, 1.54) is 6.42 Å². The van der Waals surface area contributed by atoms with Gasteiger partial charge in [0.1, 0.15) is 5.75 Å². The molecule has 1 aromatic carbocycles. The highest BCUT2D eigenvalue weighted by Gasteiger charge is 2.42. The molecule has 0 aliphatic heterocycles. The Hall–Kier alpha value is -1.88. The second-order valence-corrected chi connectivity index (χ2v) is 5.38. The number of methoxy groups -OCH3 is 1. The Bertz CT molecular complexity index is 568. The van der Waals surface area contributed by atoms with Crippen molar-refractivity contribution in [3.05, 3.63) is 41.5 Å². The van der Waals surface area contributed by atoms with Crippen LogP contribution in [0.1, 0.15) is 36.5 Å². The molecule has 1 aliphatic carbocycles. The maximum absolute atomic E-state index is 5.85. The van der Waals surface area contributed by atoms with Crippen LogP contribution in [0.15, 0.2) is 28.8 Å². The third-order valence-electron chi connectivity index (χ3n) is 4.14. The van der Waals surface area contributed by atoms with Crippen molar-refractivity contribution in [2.75, 3.05) is 13.7 Å². The minimum atomic E-state index is -0.0643. The fraction of sp³-hybridized carbons (Fsp3) is 0.467. The Balaban J connectivity index is 1.73. The molecule has 20 heavy (non-hydrogen) atoms. The number of nitrogens with two attached hydrogens (primary N) is 1. The van der Waals surface area contributed by atoms with Gasteiger partial charge >= 0.3 is 0 Å². The molecule has 5 nitrogen and oxygen atoms in total. The smallest absolute Gasteiger partial charge is 0.234 e. The summed E-state index contributed by atoms with van der Waals surface area (Å²) in [5, 5.41) is 4.08. The molecule has 2 N–H and O–H groups in total. The van der Waals surface area contributed by atoms with E-state index in [1.807, 2.05) is 24.3 Å². The van der Waals surface area contributed by atoms with Crippen molar-refractivity contribution in [3.63, 3.8) is 0 Å². The van der Waals surface area contributed by atoms with Gasteiger partial charge in [-0.3, -0.25) is 0 Å². The van der Waals surface area contributed by atoms with Crippen molar-refractivity contribution in [1.29, 1.82) is 0 Å². The lowest BCUT2D eigenvalue weighted by atomic mass is 9.69. The van der Waals surface area contributed by atoms with Crippen molar-refractivity contribution in [1.82, 2.24) is 10.1 Å². The van der Waals surface area contributed by atoms with Crippen LogP contribution in [0.4, 0.5) is 0 Å². The highest BCUT2D eigenvalue weighted by atomic mass is 16.5. The number of nitrogens with zero attached hydrogens (tertiary/aromatic N) is 2.